The molecule has 0 aliphatic heterocycles. The molecule has 86 valence electrons. The number of carbonyl (C=O) groups excluding carboxylic acids is 1. The lowest BCUT2D eigenvalue weighted by Crippen LogP contribution is -2.19. The molecule has 17 heavy (non-hydrogen) atoms. The highest BCUT2D eigenvalue weighted by atomic mass is 32.1. The maximum absolute atomic E-state index is 12.0. The van der Waals surface area contributed by atoms with E-state index in [4.69, 9.17) is 0 Å². The molecule has 2 aromatic rings. The van der Waals surface area contributed by atoms with Gasteiger partial charge < -0.3 is 0 Å². The van der Waals surface area contributed by atoms with Crippen LogP contribution in [-0.4, -0.2) is 10.8 Å². The van der Waals surface area contributed by atoms with E-state index < -0.39 is 0 Å². The van der Waals surface area contributed by atoms with Crippen molar-refractivity contribution < 1.29 is 4.79 Å². The van der Waals surface area contributed by atoms with Crippen molar-refractivity contribution >= 4 is 17.1 Å². The first-order valence-corrected chi connectivity index (χ1v) is 6.59. The highest BCUT2D eigenvalue weighted by molar-refractivity contribution is 7.13. The number of thiazole rings is 1. The molecule has 0 saturated carbocycles. The van der Waals surface area contributed by atoms with Gasteiger partial charge in [-0.05, 0) is 30.4 Å². The Morgan fingerprint density at radius 3 is 3.00 bits per heavy atom. The van der Waals surface area contributed by atoms with Crippen molar-refractivity contribution in [3.8, 4) is 0 Å². The van der Waals surface area contributed by atoms with E-state index in [0.717, 1.165) is 16.3 Å². The molecule has 1 aromatic carbocycles. The standard InChI is InChI=1S/C14H13NOS/c1-9-15-8-14(17-9)13(16)7-11-6-10-4-2-3-5-12(10)11/h2-5,8,11H,6-7H2,1H3. The van der Waals surface area contributed by atoms with Gasteiger partial charge in [0.15, 0.2) is 5.78 Å². The van der Waals surface area contributed by atoms with Gasteiger partial charge in [0.25, 0.3) is 0 Å². The second kappa shape index (κ2) is 4.08. The van der Waals surface area contributed by atoms with Crippen LogP contribution in [0.25, 0.3) is 0 Å². The molecule has 2 nitrogen and oxygen atoms in total. The third kappa shape index (κ3) is 1.91. The number of benzene rings is 1. The van der Waals surface area contributed by atoms with Crippen LogP contribution in [-0.2, 0) is 6.42 Å². The molecule has 0 amide bonds. The lowest BCUT2D eigenvalue weighted by molar-refractivity contribution is 0.0974. The summed E-state index contributed by atoms with van der Waals surface area (Å²) in [6.07, 6.45) is 3.37. The van der Waals surface area contributed by atoms with Crippen LogP contribution in [0.2, 0.25) is 0 Å². The third-order valence-corrected chi connectivity index (χ3v) is 4.24. The van der Waals surface area contributed by atoms with Crippen LogP contribution in [0.3, 0.4) is 0 Å². The largest absolute Gasteiger partial charge is 0.293 e. The summed E-state index contributed by atoms with van der Waals surface area (Å²) in [5.74, 6) is 0.649. The molecule has 0 bridgehead atoms. The molecule has 0 saturated heterocycles. The van der Waals surface area contributed by atoms with Gasteiger partial charge >= 0.3 is 0 Å². The van der Waals surface area contributed by atoms with Crippen LogP contribution in [0.4, 0.5) is 0 Å². The Bertz CT molecular complexity index is 573. The fraction of sp³-hybridized carbons (Fsp3) is 0.286. The van der Waals surface area contributed by atoms with Gasteiger partial charge in [-0.15, -0.1) is 11.3 Å². The number of carbonyl (C=O) groups is 1. The van der Waals surface area contributed by atoms with Gasteiger partial charge in [0.05, 0.1) is 9.88 Å². The summed E-state index contributed by atoms with van der Waals surface area (Å²) in [6, 6.07) is 8.39. The maximum atomic E-state index is 12.0. The van der Waals surface area contributed by atoms with Crippen LogP contribution in [0, 0.1) is 6.92 Å². The topological polar surface area (TPSA) is 30.0 Å². The van der Waals surface area contributed by atoms with E-state index in [2.05, 4.69) is 23.2 Å². The van der Waals surface area contributed by atoms with Crippen molar-refractivity contribution in [3.05, 3.63) is 51.5 Å². The van der Waals surface area contributed by atoms with Gasteiger partial charge in [-0.2, -0.15) is 0 Å². The van der Waals surface area contributed by atoms with Crippen molar-refractivity contribution in [1.29, 1.82) is 0 Å². The summed E-state index contributed by atoms with van der Waals surface area (Å²) in [4.78, 5) is 17.0. The minimum atomic E-state index is 0.232. The smallest absolute Gasteiger partial charge is 0.175 e. The summed E-state index contributed by atoms with van der Waals surface area (Å²) < 4.78 is 0. The molecular weight excluding hydrogens is 230 g/mol. The number of aromatic nitrogens is 1. The van der Waals surface area contributed by atoms with Crippen LogP contribution >= 0.6 is 11.3 Å². The minimum absolute atomic E-state index is 0.232. The Balaban J connectivity index is 1.72. The SMILES string of the molecule is Cc1ncc(C(=O)CC2Cc3ccccc32)s1. The number of aryl methyl sites for hydroxylation is 1. The van der Waals surface area contributed by atoms with Crippen molar-refractivity contribution in [2.75, 3.05) is 0 Å². The number of fused-ring (bicyclic) bond motifs is 1. The van der Waals surface area contributed by atoms with E-state index in [1.54, 1.807) is 6.20 Å². The van der Waals surface area contributed by atoms with Crippen molar-refractivity contribution in [3.63, 3.8) is 0 Å². The fourth-order valence-corrected chi connectivity index (χ4v) is 3.09. The van der Waals surface area contributed by atoms with Gasteiger partial charge in [0.1, 0.15) is 0 Å². The molecule has 0 radical (unpaired) electrons. The fourth-order valence-electron chi connectivity index (χ4n) is 2.36. The Morgan fingerprint density at radius 2 is 2.29 bits per heavy atom. The number of ketones is 1. The Kier molecular flexibility index (Phi) is 2.56. The number of nitrogens with zero attached hydrogens (tertiary/aromatic N) is 1. The lowest BCUT2D eigenvalue weighted by Gasteiger charge is -2.29. The van der Waals surface area contributed by atoms with E-state index in [1.807, 2.05) is 13.0 Å². The predicted molar refractivity (Wildman–Crippen MR) is 68.7 cm³/mol. The maximum Gasteiger partial charge on any atom is 0.175 e. The number of Topliss-reactive ketones (excluding diaryl/α,β-unsaturated/α-hetero) is 1. The lowest BCUT2D eigenvalue weighted by atomic mass is 9.75. The first-order valence-electron chi connectivity index (χ1n) is 5.77. The number of rotatable bonds is 3. The zero-order valence-electron chi connectivity index (χ0n) is 9.64. The van der Waals surface area contributed by atoms with Crippen molar-refractivity contribution in [2.24, 2.45) is 0 Å². The predicted octanol–water partition coefficient (Wildman–Crippen LogP) is 3.36. The minimum Gasteiger partial charge on any atom is -0.293 e. The Hall–Kier alpha value is -1.48. The Morgan fingerprint density at radius 1 is 1.47 bits per heavy atom. The molecule has 1 aliphatic carbocycles. The number of hydrogen-bond acceptors (Lipinski definition) is 3. The van der Waals surface area contributed by atoms with Gasteiger partial charge in [-0.1, -0.05) is 24.3 Å². The van der Waals surface area contributed by atoms with E-state index >= 15 is 0 Å². The summed E-state index contributed by atoms with van der Waals surface area (Å²) in [5, 5.41) is 0.961. The zero-order valence-corrected chi connectivity index (χ0v) is 10.5. The molecule has 1 heterocycles. The highest BCUT2D eigenvalue weighted by Crippen LogP contribution is 2.38. The second-order valence-electron chi connectivity index (χ2n) is 4.47. The van der Waals surface area contributed by atoms with E-state index in [9.17, 15) is 4.79 Å². The third-order valence-electron chi connectivity index (χ3n) is 3.29. The average molecular weight is 243 g/mol. The summed E-state index contributed by atoms with van der Waals surface area (Å²) >= 11 is 1.49. The van der Waals surface area contributed by atoms with E-state index in [1.165, 1.54) is 22.5 Å². The Labute approximate surface area is 104 Å². The average Bonchev–Trinajstić information content (AvgIpc) is 2.73. The van der Waals surface area contributed by atoms with Crippen molar-refractivity contribution in [2.45, 2.75) is 25.7 Å². The number of hydrogen-bond donors (Lipinski definition) is 0. The molecule has 0 spiro atoms. The quantitative estimate of drug-likeness (QED) is 0.774. The van der Waals surface area contributed by atoms with Crippen LogP contribution in [0.5, 0.6) is 0 Å². The van der Waals surface area contributed by atoms with Gasteiger partial charge in [0, 0.05) is 12.6 Å². The molecule has 1 aromatic heterocycles. The van der Waals surface area contributed by atoms with Crippen LogP contribution < -0.4 is 0 Å². The van der Waals surface area contributed by atoms with Crippen LogP contribution in [0.15, 0.2) is 30.5 Å². The normalized spacial score (nSPS) is 17.4. The highest BCUT2D eigenvalue weighted by Gasteiger charge is 2.28. The first kappa shape index (κ1) is 10.7. The first-order chi connectivity index (χ1) is 8.24. The van der Waals surface area contributed by atoms with Crippen molar-refractivity contribution in [1.82, 2.24) is 4.98 Å². The molecule has 1 unspecified atom stereocenters. The molecular formula is C14H13NOS. The molecule has 3 rings (SSSR count). The summed E-state index contributed by atoms with van der Waals surface area (Å²) in [6.45, 7) is 1.93. The summed E-state index contributed by atoms with van der Waals surface area (Å²) in [5.41, 5.74) is 2.74. The molecule has 1 atom stereocenters. The van der Waals surface area contributed by atoms with Gasteiger partial charge in [-0.25, -0.2) is 4.98 Å². The molecule has 3 heteroatoms. The zero-order chi connectivity index (χ0) is 11.8. The molecule has 1 aliphatic rings. The van der Waals surface area contributed by atoms with Crippen LogP contribution in [0.1, 0.15) is 38.1 Å². The van der Waals surface area contributed by atoms with Gasteiger partial charge in [-0.3, -0.25) is 4.79 Å². The summed E-state index contributed by atoms with van der Waals surface area (Å²) in [7, 11) is 0. The monoisotopic (exact) mass is 243 g/mol. The van der Waals surface area contributed by atoms with Gasteiger partial charge in [0.2, 0.25) is 0 Å². The van der Waals surface area contributed by atoms with E-state index in [-0.39, 0.29) is 5.78 Å². The second-order valence-corrected chi connectivity index (χ2v) is 5.71. The van der Waals surface area contributed by atoms with E-state index in [0.29, 0.717) is 12.3 Å². The molecule has 0 fully saturated rings. The molecule has 0 N–H and O–H groups in total.